The number of phenolic OH excluding ortho intramolecular Hbond substituents is 6. The first-order valence-corrected chi connectivity index (χ1v) is 41.8. The van der Waals surface area contributed by atoms with Gasteiger partial charge in [0.05, 0.1) is 0 Å². The lowest BCUT2D eigenvalue weighted by atomic mass is 9.79. The van der Waals surface area contributed by atoms with Gasteiger partial charge in [0, 0.05) is 122 Å². The van der Waals surface area contributed by atoms with E-state index < -0.39 is 0 Å². The van der Waals surface area contributed by atoms with Crippen LogP contribution in [0.2, 0.25) is 0 Å². The van der Waals surface area contributed by atoms with Crippen LogP contribution in [0.25, 0.3) is 0 Å². The van der Waals surface area contributed by atoms with Crippen LogP contribution >= 0.6 is 12.4 Å². The molecule has 0 unspecified atom stereocenters. The molecule has 0 atom stereocenters. The standard InChI is InChI=1S/C22H31NO.C20H27NO.C18H23NO.C16H19NO.C15H17NO.C14H15NO.6ClH/c1-15-8-10-16(11-9-15)14-23-17-12-18(21(2,3)4)20(24)19(13-17)22(5,6)7;1-13(2)18-10-17(11-19(14(3)4)20(18)22)21-12-16-8-6-15(5)7-9-16;1-4-15-10-17(11-16(5-2)18(15)20)19-12-14-8-6-13(3)7-9-14;1-11-4-6-14(7-5-11)10-17-15-8-12(2)16(18)13(3)9-15;1-12-2-4-13(5-3-12)10-16-11-14-6-8-15(17)9-7-14;1-11-2-4-12(5-3-11)10-15-13-6-8-14(16)9-7-13;;;;;;/h8-13,23-24H,14H2,1-7H3;6-11,13-14,21-22H,12H2,1-5H3;6-11,19-20H,4-5,12H2,1-3H3;4-9,17-18H,10H2,1-3H3;2-9,16-17H,10-11H2,1H3;2-9,15-16H,10H2,1H3;6*1H/p+1. The molecule has 12 nitrogen and oxygen atoms in total. The molecule has 0 aliphatic rings. The molecular formula is C105H139Cl6N6O6+. The molecule has 0 saturated carbocycles. The fourth-order valence-electron chi connectivity index (χ4n) is 13.3. The average Bonchev–Trinajstić information content (AvgIpc) is 0.781. The van der Waals surface area contributed by atoms with Gasteiger partial charge in [-0.25, -0.2) is 0 Å². The van der Waals surface area contributed by atoms with Crippen molar-refractivity contribution >= 4 is 40.8 Å². The van der Waals surface area contributed by atoms with Gasteiger partial charge in [-0.2, -0.15) is 0 Å². The van der Waals surface area contributed by atoms with Crippen molar-refractivity contribution in [2.45, 2.75) is 220 Å². The van der Waals surface area contributed by atoms with Crippen LogP contribution in [0, 0.1) is 55.4 Å². The quantitative estimate of drug-likeness (QED) is 0.0328. The molecule has 0 saturated heterocycles. The molecule has 0 spiro atoms. The zero-order valence-corrected chi connectivity index (χ0v) is 80.7. The van der Waals surface area contributed by atoms with Crippen LogP contribution < -0.4 is 93.9 Å². The number of halogens is 6. The number of nitrogens with two attached hydrogens (primary N) is 6. The maximum atomic E-state index is 10.8. The first-order chi connectivity index (χ1) is 55.5. The Morgan fingerprint density at radius 2 is 0.488 bits per heavy atom. The summed E-state index contributed by atoms with van der Waals surface area (Å²) in [6.45, 7) is 48.6. The summed E-state index contributed by atoms with van der Waals surface area (Å²) in [6, 6.07) is 83.1. The van der Waals surface area contributed by atoms with Gasteiger partial charge >= 0.3 is 0 Å². The second-order valence-electron chi connectivity index (χ2n) is 34.1. The normalized spacial score (nSPS) is 10.6. The summed E-state index contributed by atoms with van der Waals surface area (Å²) in [5.74, 6) is 3.08. The van der Waals surface area contributed by atoms with Crippen LogP contribution in [0.3, 0.4) is 0 Å². The first kappa shape index (κ1) is 112. The van der Waals surface area contributed by atoms with Gasteiger partial charge in [0.15, 0.2) is 0 Å². The molecule has 0 aliphatic carbocycles. The summed E-state index contributed by atoms with van der Waals surface area (Å²) in [6.07, 6.45) is 1.73. The van der Waals surface area contributed by atoms with Crippen molar-refractivity contribution in [2.75, 3.05) is 0 Å². The van der Waals surface area contributed by atoms with Crippen molar-refractivity contribution in [3.05, 3.63) is 359 Å². The van der Waals surface area contributed by atoms with Gasteiger partial charge in [-0.1, -0.05) is 262 Å². The minimum atomic E-state index is -0.0855. The second-order valence-corrected chi connectivity index (χ2v) is 34.1. The van der Waals surface area contributed by atoms with E-state index in [1.165, 1.54) is 95.1 Å². The van der Waals surface area contributed by atoms with Crippen molar-refractivity contribution in [3.63, 3.8) is 0 Å². The summed E-state index contributed by atoms with van der Waals surface area (Å²) in [5.41, 5.74) is 30.7. The smallest absolute Gasteiger partial charge is 0.130 e. The molecular weight excluding hydrogens is 1650 g/mol. The Morgan fingerprint density at radius 3 is 0.748 bits per heavy atom. The highest BCUT2D eigenvalue weighted by molar-refractivity contribution is 5.85. The highest BCUT2D eigenvalue weighted by atomic mass is 35.5. The number of hydrogen-bond donors (Lipinski definition) is 12. The summed E-state index contributed by atoms with van der Waals surface area (Å²) < 4.78 is 0. The molecule has 0 bridgehead atoms. The maximum absolute atomic E-state index is 10.8. The van der Waals surface area contributed by atoms with Gasteiger partial charge in [0.1, 0.15) is 109 Å². The van der Waals surface area contributed by atoms with Gasteiger partial charge < -0.3 is 125 Å². The van der Waals surface area contributed by atoms with E-state index in [4.69, 9.17) is 5.11 Å². The highest BCUT2D eigenvalue weighted by Crippen LogP contribution is 2.41. The lowest BCUT2D eigenvalue weighted by Gasteiger charge is -2.27. The number of rotatable bonds is 23. The minimum Gasteiger partial charge on any atom is -1.00 e. The van der Waals surface area contributed by atoms with E-state index in [-0.39, 0.29) is 85.3 Å². The zero-order chi connectivity index (χ0) is 85.5. The summed E-state index contributed by atoms with van der Waals surface area (Å²) in [4.78, 5) is 0. The van der Waals surface area contributed by atoms with Gasteiger partial charge in [-0.15, -0.1) is 12.4 Å². The molecule has 12 aromatic carbocycles. The summed E-state index contributed by atoms with van der Waals surface area (Å²) in [7, 11) is 0. The predicted molar refractivity (Wildman–Crippen MR) is 493 cm³/mol. The van der Waals surface area contributed by atoms with Crippen LogP contribution in [0.5, 0.6) is 34.5 Å². The fraction of sp³-hybridized carbons (Fsp3) is 0.314. The Bertz CT molecular complexity index is 4820. The Labute approximate surface area is 773 Å². The van der Waals surface area contributed by atoms with E-state index in [2.05, 4.69) is 339 Å². The van der Waals surface area contributed by atoms with E-state index >= 15 is 0 Å². The number of aromatic hydroxyl groups is 6. The van der Waals surface area contributed by atoms with Crippen LogP contribution in [-0.4, -0.2) is 30.6 Å². The summed E-state index contributed by atoms with van der Waals surface area (Å²) in [5, 5.41) is 72.8. The molecule has 666 valence electrons. The van der Waals surface area contributed by atoms with Crippen molar-refractivity contribution in [1.82, 2.24) is 0 Å². The topological polar surface area (TPSA) is 221 Å². The predicted octanol–water partition coefficient (Wildman–Crippen LogP) is 4.47. The molecule has 18 heteroatoms. The van der Waals surface area contributed by atoms with E-state index in [0.29, 0.717) is 46.3 Å². The second kappa shape index (κ2) is 55.3. The average molecular weight is 1790 g/mol. The molecule has 0 amide bonds. The van der Waals surface area contributed by atoms with Crippen molar-refractivity contribution in [3.8, 4) is 34.5 Å². The van der Waals surface area contributed by atoms with Gasteiger partial charge in [-0.05, 0) is 150 Å². The van der Waals surface area contributed by atoms with E-state index in [1.54, 1.807) is 24.3 Å². The van der Waals surface area contributed by atoms with Crippen molar-refractivity contribution in [1.29, 1.82) is 0 Å². The van der Waals surface area contributed by atoms with Crippen molar-refractivity contribution < 1.29 is 125 Å². The number of quaternary nitrogens is 6. The monoisotopic (exact) mass is 1790 g/mol. The third kappa shape index (κ3) is 38.5. The zero-order valence-electron chi connectivity index (χ0n) is 76.1. The number of benzene rings is 12. The minimum absolute atomic E-state index is 0. The molecule has 0 fully saturated rings. The Hall–Kier alpha value is -9.06. The molecule has 12 aromatic rings. The van der Waals surface area contributed by atoms with Crippen LogP contribution in [0.15, 0.2) is 243 Å². The fourth-order valence-corrected chi connectivity index (χ4v) is 13.3. The number of phenols is 6. The Morgan fingerprint density at radius 1 is 0.260 bits per heavy atom. The molecule has 0 aromatic heterocycles. The number of hydrogen-bond acceptors (Lipinski definition) is 6. The van der Waals surface area contributed by atoms with E-state index in [9.17, 15) is 25.5 Å². The molecule has 0 radical (unpaired) electrons. The van der Waals surface area contributed by atoms with Crippen LogP contribution in [0.4, 0.5) is 28.4 Å². The molecule has 12 rings (SSSR count). The maximum Gasteiger partial charge on any atom is 0.130 e. The third-order valence-corrected chi connectivity index (χ3v) is 20.9. The molecule has 18 N–H and O–H groups in total. The Balaban J connectivity index is 0.000000734. The summed E-state index contributed by atoms with van der Waals surface area (Å²) >= 11 is 0. The lowest BCUT2D eigenvalue weighted by molar-refractivity contribution is -0.686. The van der Waals surface area contributed by atoms with Gasteiger partial charge in [0.2, 0.25) is 0 Å². The lowest BCUT2D eigenvalue weighted by Crippen LogP contribution is -3.00. The molecule has 0 heterocycles. The van der Waals surface area contributed by atoms with Gasteiger partial charge in [0.25, 0.3) is 0 Å². The van der Waals surface area contributed by atoms with E-state index in [1.807, 2.05) is 50.2 Å². The highest BCUT2D eigenvalue weighted by Gasteiger charge is 2.28. The number of aryl methyl sites for hydroxylation is 10. The Kier molecular flexibility index (Phi) is 50.4. The van der Waals surface area contributed by atoms with Crippen molar-refractivity contribution in [2.24, 2.45) is 0 Å². The van der Waals surface area contributed by atoms with E-state index in [0.717, 1.165) is 109 Å². The van der Waals surface area contributed by atoms with Crippen LogP contribution in [-0.2, 0) is 69.5 Å². The third-order valence-electron chi connectivity index (χ3n) is 20.9. The molecule has 123 heavy (non-hydrogen) atoms. The van der Waals surface area contributed by atoms with Crippen LogP contribution in [0.1, 0.15) is 212 Å². The SMILES string of the molecule is CCc1cc([NH2+]Cc2ccc(C)cc2)cc(CC)c1O.Cc1ccc(C[NH2+]Cc2ccc(O)cc2)cc1.Cc1ccc(C[NH2+]c2cc(C(C)(C)C)c(O)c(C(C)(C)C)c2)cc1.Cc1ccc(C[NH2+]c2cc(C(C)C)c(O)c(C(C)C)c2)cc1.Cc1ccc(C[NH2+]c2cc(C)c(O)c(C)c2)cc1.Cc1ccc(C[NH2+]c2ccc(O)cc2)cc1.Cl.[Cl-].[Cl-].[Cl-].[Cl-].[Cl-]. The largest absolute Gasteiger partial charge is 1.00 e. The van der Waals surface area contributed by atoms with Gasteiger partial charge in [-0.3, -0.25) is 0 Å². The molecule has 0 aliphatic heterocycles. The first-order valence-electron chi connectivity index (χ1n) is 41.8.